The molecule has 8 heteroatoms. The van der Waals surface area contributed by atoms with Gasteiger partial charge in [-0.15, -0.1) is 0 Å². The minimum atomic E-state index is -0.477. The average molecular weight is 340 g/mol. The lowest BCUT2D eigenvalue weighted by Crippen LogP contribution is -2.21. The van der Waals surface area contributed by atoms with Gasteiger partial charge >= 0.3 is 0 Å². The Morgan fingerprint density at radius 3 is 2.56 bits per heavy atom. The van der Waals surface area contributed by atoms with Crippen LogP contribution in [-0.4, -0.2) is 30.9 Å². The van der Waals surface area contributed by atoms with Gasteiger partial charge in [-0.2, -0.15) is 5.10 Å². The summed E-state index contributed by atoms with van der Waals surface area (Å²) in [5.41, 5.74) is 8.75. The lowest BCUT2D eigenvalue weighted by Gasteiger charge is -2.15. The van der Waals surface area contributed by atoms with E-state index in [1.54, 1.807) is 17.8 Å². The van der Waals surface area contributed by atoms with Gasteiger partial charge in [0.15, 0.2) is 5.82 Å². The van der Waals surface area contributed by atoms with E-state index in [-0.39, 0.29) is 12.0 Å². The third-order valence-corrected chi connectivity index (χ3v) is 4.33. The standard InChI is InChI=1S/C17H20N6O2/c1-9-16(17(25)21-20-9)12(8-13(18)24)15-10(2)22-23(11(15)3)14-6-4-5-7-19-14/h4-7,12H,8H2,1-3H3,(H2,18,24)(H2,20,21,25). The van der Waals surface area contributed by atoms with E-state index in [0.717, 1.165) is 17.0 Å². The number of carbonyl (C=O) groups is 1. The number of carbonyl (C=O) groups excluding carboxylic acids is 1. The molecule has 3 heterocycles. The molecule has 0 aromatic carbocycles. The molecule has 0 spiro atoms. The molecule has 25 heavy (non-hydrogen) atoms. The summed E-state index contributed by atoms with van der Waals surface area (Å²) in [5.74, 6) is -0.272. The van der Waals surface area contributed by atoms with E-state index >= 15 is 0 Å². The van der Waals surface area contributed by atoms with E-state index in [2.05, 4.69) is 20.3 Å². The highest BCUT2D eigenvalue weighted by molar-refractivity contribution is 5.75. The fourth-order valence-corrected chi connectivity index (χ4v) is 3.29. The fourth-order valence-electron chi connectivity index (χ4n) is 3.29. The van der Waals surface area contributed by atoms with Crippen LogP contribution < -0.4 is 11.3 Å². The van der Waals surface area contributed by atoms with E-state index in [0.29, 0.717) is 17.1 Å². The molecule has 0 aliphatic rings. The minimum absolute atomic E-state index is 0.0252. The summed E-state index contributed by atoms with van der Waals surface area (Å²) in [5, 5.41) is 9.93. The van der Waals surface area contributed by atoms with Crippen molar-refractivity contribution in [2.75, 3.05) is 0 Å². The van der Waals surface area contributed by atoms with Crippen molar-refractivity contribution in [3.8, 4) is 5.82 Å². The molecular weight excluding hydrogens is 320 g/mol. The van der Waals surface area contributed by atoms with Crippen molar-refractivity contribution in [2.45, 2.75) is 33.1 Å². The third kappa shape index (κ3) is 2.98. The van der Waals surface area contributed by atoms with Crippen molar-refractivity contribution in [1.29, 1.82) is 0 Å². The summed E-state index contributed by atoms with van der Waals surface area (Å²) >= 11 is 0. The van der Waals surface area contributed by atoms with Gasteiger partial charge in [0, 0.05) is 41.1 Å². The van der Waals surface area contributed by atoms with Gasteiger partial charge in [-0.05, 0) is 32.9 Å². The van der Waals surface area contributed by atoms with Crippen molar-refractivity contribution >= 4 is 5.91 Å². The topological polar surface area (TPSA) is 122 Å². The zero-order chi connectivity index (χ0) is 18.1. The lowest BCUT2D eigenvalue weighted by atomic mass is 9.87. The number of aryl methyl sites for hydroxylation is 2. The van der Waals surface area contributed by atoms with Gasteiger partial charge in [-0.25, -0.2) is 9.67 Å². The molecule has 0 saturated carbocycles. The van der Waals surface area contributed by atoms with E-state index < -0.39 is 11.8 Å². The fraction of sp³-hybridized carbons (Fsp3) is 0.294. The predicted octanol–water partition coefficient (Wildman–Crippen LogP) is 1.22. The molecule has 1 unspecified atom stereocenters. The molecule has 0 radical (unpaired) electrons. The number of pyridine rings is 1. The third-order valence-electron chi connectivity index (χ3n) is 4.33. The first-order valence-corrected chi connectivity index (χ1v) is 7.93. The number of amides is 1. The number of nitrogens with one attached hydrogen (secondary N) is 2. The maximum Gasteiger partial charge on any atom is 0.267 e. The maximum atomic E-state index is 12.3. The molecule has 0 fully saturated rings. The Hall–Kier alpha value is -3.16. The molecule has 0 aliphatic carbocycles. The van der Waals surface area contributed by atoms with E-state index in [1.807, 2.05) is 32.0 Å². The van der Waals surface area contributed by atoms with Crippen molar-refractivity contribution in [3.05, 3.63) is 63.0 Å². The number of rotatable bonds is 5. The van der Waals surface area contributed by atoms with Crippen LogP contribution in [-0.2, 0) is 4.79 Å². The molecule has 1 atom stereocenters. The average Bonchev–Trinajstić information content (AvgIpc) is 3.05. The summed E-state index contributed by atoms with van der Waals surface area (Å²) in [6.07, 6.45) is 1.71. The van der Waals surface area contributed by atoms with Gasteiger partial charge in [0.25, 0.3) is 5.56 Å². The van der Waals surface area contributed by atoms with Gasteiger partial charge in [-0.1, -0.05) is 6.07 Å². The van der Waals surface area contributed by atoms with Gasteiger partial charge in [0.2, 0.25) is 5.91 Å². The zero-order valence-corrected chi connectivity index (χ0v) is 14.3. The van der Waals surface area contributed by atoms with E-state index in [1.165, 1.54) is 0 Å². The minimum Gasteiger partial charge on any atom is -0.370 e. The van der Waals surface area contributed by atoms with Gasteiger partial charge in [-0.3, -0.25) is 14.7 Å². The highest BCUT2D eigenvalue weighted by Crippen LogP contribution is 2.32. The lowest BCUT2D eigenvalue weighted by molar-refractivity contribution is -0.118. The molecule has 130 valence electrons. The monoisotopic (exact) mass is 340 g/mol. The Kier molecular flexibility index (Phi) is 4.26. The highest BCUT2D eigenvalue weighted by atomic mass is 16.1. The number of nitrogens with zero attached hydrogens (tertiary/aromatic N) is 3. The van der Waals surface area contributed by atoms with Crippen molar-refractivity contribution in [3.63, 3.8) is 0 Å². The predicted molar refractivity (Wildman–Crippen MR) is 92.6 cm³/mol. The number of aromatic nitrogens is 5. The quantitative estimate of drug-likeness (QED) is 0.646. The number of aromatic amines is 2. The van der Waals surface area contributed by atoms with E-state index in [4.69, 9.17) is 5.73 Å². The second-order valence-electron chi connectivity index (χ2n) is 6.03. The first-order valence-electron chi connectivity index (χ1n) is 7.93. The molecule has 0 bridgehead atoms. The van der Waals surface area contributed by atoms with Crippen molar-refractivity contribution in [1.82, 2.24) is 25.0 Å². The largest absolute Gasteiger partial charge is 0.370 e. The summed E-state index contributed by atoms with van der Waals surface area (Å²) in [6, 6.07) is 5.55. The molecule has 4 N–H and O–H groups in total. The number of hydrogen-bond acceptors (Lipinski definition) is 4. The Labute approximate surface area is 144 Å². The highest BCUT2D eigenvalue weighted by Gasteiger charge is 2.29. The van der Waals surface area contributed by atoms with Gasteiger partial charge < -0.3 is 10.8 Å². The van der Waals surface area contributed by atoms with Crippen molar-refractivity contribution < 1.29 is 4.79 Å². The van der Waals surface area contributed by atoms with Crippen LogP contribution in [0.3, 0.4) is 0 Å². The molecule has 3 aromatic heterocycles. The van der Waals surface area contributed by atoms with Crippen LogP contribution in [0, 0.1) is 20.8 Å². The summed E-state index contributed by atoms with van der Waals surface area (Å²) in [7, 11) is 0. The normalized spacial score (nSPS) is 12.3. The molecule has 1 amide bonds. The first kappa shape index (κ1) is 16.7. The molecule has 3 aromatic rings. The van der Waals surface area contributed by atoms with Crippen LogP contribution in [0.25, 0.3) is 5.82 Å². The Morgan fingerprint density at radius 1 is 1.24 bits per heavy atom. The number of hydrogen-bond donors (Lipinski definition) is 3. The molecule has 3 rings (SSSR count). The van der Waals surface area contributed by atoms with Crippen LogP contribution >= 0.6 is 0 Å². The van der Waals surface area contributed by atoms with Crippen LogP contribution in [0.4, 0.5) is 0 Å². The molecular formula is C17H20N6O2. The van der Waals surface area contributed by atoms with Crippen molar-refractivity contribution in [2.24, 2.45) is 5.73 Å². The SMILES string of the molecule is Cc1nn(-c2ccccn2)c(C)c1C(CC(N)=O)c1c(C)[nH][nH]c1=O. The number of nitrogens with two attached hydrogens (primary N) is 1. The van der Waals surface area contributed by atoms with Crippen LogP contribution in [0.1, 0.15) is 40.5 Å². The molecule has 0 aliphatic heterocycles. The summed E-state index contributed by atoms with van der Waals surface area (Å²) in [6.45, 7) is 5.54. The maximum absolute atomic E-state index is 12.3. The smallest absolute Gasteiger partial charge is 0.267 e. The number of primary amides is 1. The Balaban J connectivity index is 2.19. The molecule has 0 saturated heterocycles. The zero-order valence-electron chi connectivity index (χ0n) is 14.3. The van der Waals surface area contributed by atoms with Crippen LogP contribution in [0.2, 0.25) is 0 Å². The van der Waals surface area contributed by atoms with E-state index in [9.17, 15) is 9.59 Å². The second kappa shape index (κ2) is 6.39. The van der Waals surface area contributed by atoms with Gasteiger partial charge in [0.05, 0.1) is 5.69 Å². The number of H-pyrrole nitrogens is 2. The summed E-state index contributed by atoms with van der Waals surface area (Å²) < 4.78 is 1.72. The first-order chi connectivity index (χ1) is 11.9. The summed E-state index contributed by atoms with van der Waals surface area (Å²) in [4.78, 5) is 28.2. The molecule has 8 nitrogen and oxygen atoms in total. The Bertz CT molecular complexity index is 967. The van der Waals surface area contributed by atoms with Gasteiger partial charge in [0.1, 0.15) is 0 Å². The van der Waals surface area contributed by atoms with Crippen LogP contribution in [0.15, 0.2) is 29.2 Å². The Morgan fingerprint density at radius 2 is 2.00 bits per heavy atom. The second-order valence-corrected chi connectivity index (χ2v) is 6.03. The van der Waals surface area contributed by atoms with Crippen LogP contribution in [0.5, 0.6) is 0 Å².